The van der Waals surface area contributed by atoms with Gasteiger partial charge in [0.1, 0.15) is 0 Å². The van der Waals surface area contributed by atoms with Crippen LogP contribution < -0.4 is 5.73 Å². The van der Waals surface area contributed by atoms with Gasteiger partial charge < -0.3 is 10.6 Å². The van der Waals surface area contributed by atoms with Crippen molar-refractivity contribution in [1.82, 2.24) is 4.90 Å². The second kappa shape index (κ2) is 5.96. The first-order valence-corrected chi connectivity index (χ1v) is 7.89. The van der Waals surface area contributed by atoms with E-state index in [9.17, 15) is 4.79 Å². The van der Waals surface area contributed by atoms with E-state index in [0.717, 1.165) is 31.5 Å². The van der Waals surface area contributed by atoms with Gasteiger partial charge in [-0.1, -0.05) is 25.0 Å². The molecule has 1 amide bonds. The van der Waals surface area contributed by atoms with Gasteiger partial charge in [-0.05, 0) is 49.3 Å². The molecule has 0 atom stereocenters. The minimum Gasteiger partial charge on any atom is -0.339 e. The standard InChI is InChI=1S/C17H24N2O/c18-16-9-11-19(12-10-16)17(20)15-7-5-14(6-8-15)13-3-1-2-4-13/h5-8,13,16H,1-4,9-12,18H2. The Kier molecular flexibility index (Phi) is 4.06. The molecule has 2 aliphatic rings. The third kappa shape index (κ3) is 2.88. The molecule has 0 bridgehead atoms. The number of hydrogen-bond donors (Lipinski definition) is 1. The fraction of sp³-hybridized carbons (Fsp3) is 0.588. The van der Waals surface area contributed by atoms with Crippen molar-refractivity contribution in [2.45, 2.75) is 50.5 Å². The highest BCUT2D eigenvalue weighted by molar-refractivity contribution is 5.94. The van der Waals surface area contributed by atoms with Gasteiger partial charge in [-0.2, -0.15) is 0 Å². The summed E-state index contributed by atoms with van der Waals surface area (Å²) in [6, 6.07) is 8.58. The summed E-state index contributed by atoms with van der Waals surface area (Å²) in [5.41, 5.74) is 8.11. The average molecular weight is 272 g/mol. The summed E-state index contributed by atoms with van der Waals surface area (Å²) in [5.74, 6) is 0.877. The lowest BCUT2D eigenvalue weighted by Crippen LogP contribution is -2.42. The third-order valence-electron chi connectivity index (χ3n) is 4.81. The Labute approximate surface area is 121 Å². The zero-order valence-corrected chi connectivity index (χ0v) is 12.1. The van der Waals surface area contributed by atoms with Gasteiger partial charge in [0.15, 0.2) is 0 Å². The van der Waals surface area contributed by atoms with Gasteiger partial charge in [0.2, 0.25) is 0 Å². The molecular weight excluding hydrogens is 248 g/mol. The van der Waals surface area contributed by atoms with E-state index in [1.54, 1.807) is 0 Å². The number of benzene rings is 1. The number of rotatable bonds is 2. The van der Waals surface area contributed by atoms with Crippen LogP contribution in [0.4, 0.5) is 0 Å². The van der Waals surface area contributed by atoms with Gasteiger partial charge >= 0.3 is 0 Å². The molecule has 3 rings (SSSR count). The van der Waals surface area contributed by atoms with Crippen molar-refractivity contribution >= 4 is 5.91 Å². The molecule has 1 aromatic carbocycles. The molecule has 0 radical (unpaired) electrons. The number of likely N-dealkylation sites (tertiary alicyclic amines) is 1. The zero-order chi connectivity index (χ0) is 13.9. The quantitative estimate of drug-likeness (QED) is 0.899. The predicted molar refractivity (Wildman–Crippen MR) is 80.8 cm³/mol. The van der Waals surface area contributed by atoms with Crippen molar-refractivity contribution in [2.24, 2.45) is 5.73 Å². The maximum absolute atomic E-state index is 12.4. The summed E-state index contributed by atoms with van der Waals surface area (Å²) in [7, 11) is 0. The molecule has 3 heteroatoms. The number of carbonyl (C=O) groups is 1. The van der Waals surface area contributed by atoms with E-state index >= 15 is 0 Å². The van der Waals surface area contributed by atoms with Crippen LogP contribution in [-0.2, 0) is 0 Å². The summed E-state index contributed by atoms with van der Waals surface area (Å²) >= 11 is 0. The Bertz CT molecular complexity index is 454. The van der Waals surface area contributed by atoms with Crippen molar-refractivity contribution in [1.29, 1.82) is 0 Å². The molecule has 1 aliphatic carbocycles. The normalized spacial score (nSPS) is 21.4. The summed E-state index contributed by atoms with van der Waals surface area (Å²) in [6.45, 7) is 1.59. The van der Waals surface area contributed by atoms with Gasteiger partial charge in [-0.15, -0.1) is 0 Å². The van der Waals surface area contributed by atoms with Gasteiger partial charge in [0.05, 0.1) is 0 Å². The van der Waals surface area contributed by atoms with Crippen LogP contribution in [0.3, 0.4) is 0 Å². The Morgan fingerprint density at radius 3 is 2.20 bits per heavy atom. The summed E-state index contributed by atoms with van der Waals surface area (Å²) < 4.78 is 0. The maximum Gasteiger partial charge on any atom is 0.253 e. The number of hydrogen-bond acceptors (Lipinski definition) is 2. The average Bonchev–Trinajstić information content (AvgIpc) is 3.02. The van der Waals surface area contributed by atoms with Gasteiger partial charge in [0, 0.05) is 24.7 Å². The lowest BCUT2D eigenvalue weighted by Gasteiger charge is -2.30. The van der Waals surface area contributed by atoms with Crippen LogP contribution in [0.2, 0.25) is 0 Å². The van der Waals surface area contributed by atoms with Gasteiger partial charge in [-0.3, -0.25) is 4.79 Å². The monoisotopic (exact) mass is 272 g/mol. The van der Waals surface area contributed by atoms with Crippen LogP contribution in [0.1, 0.15) is 60.4 Å². The molecule has 0 spiro atoms. The van der Waals surface area contributed by atoms with Crippen molar-refractivity contribution in [3.8, 4) is 0 Å². The highest BCUT2D eigenvalue weighted by atomic mass is 16.2. The second-order valence-corrected chi connectivity index (χ2v) is 6.23. The first kappa shape index (κ1) is 13.6. The highest BCUT2D eigenvalue weighted by Gasteiger charge is 2.22. The molecule has 1 heterocycles. The fourth-order valence-corrected chi connectivity index (χ4v) is 3.44. The number of nitrogens with zero attached hydrogens (tertiary/aromatic N) is 1. The first-order valence-electron chi connectivity index (χ1n) is 7.89. The van der Waals surface area contributed by atoms with E-state index in [1.807, 2.05) is 17.0 Å². The van der Waals surface area contributed by atoms with Gasteiger partial charge in [-0.25, -0.2) is 0 Å². The molecule has 2 N–H and O–H groups in total. The smallest absolute Gasteiger partial charge is 0.253 e. The van der Waals surface area contributed by atoms with Crippen molar-refractivity contribution in [3.63, 3.8) is 0 Å². The predicted octanol–water partition coefficient (Wildman–Crippen LogP) is 2.91. The zero-order valence-electron chi connectivity index (χ0n) is 12.1. The molecule has 0 aromatic heterocycles. The molecule has 0 unspecified atom stereocenters. The summed E-state index contributed by atoms with van der Waals surface area (Å²) in [6.07, 6.45) is 7.14. The van der Waals surface area contributed by atoms with Crippen LogP contribution in [0, 0.1) is 0 Å². The second-order valence-electron chi connectivity index (χ2n) is 6.23. The van der Waals surface area contributed by atoms with E-state index in [4.69, 9.17) is 5.73 Å². The first-order chi connectivity index (χ1) is 9.74. The number of piperidine rings is 1. The lowest BCUT2D eigenvalue weighted by molar-refractivity contribution is 0.0714. The number of amides is 1. The molecular formula is C17H24N2O. The van der Waals surface area contributed by atoms with E-state index < -0.39 is 0 Å². The fourth-order valence-electron chi connectivity index (χ4n) is 3.44. The molecule has 1 aromatic rings. The van der Waals surface area contributed by atoms with Crippen LogP contribution in [-0.4, -0.2) is 29.9 Å². The number of carbonyl (C=O) groups excluding carboxylic acids is 1. The van der Waals surface area contributed by atoms with E-state index in [0.29, 0.717) is 5.92 Å². The molecule has 1 saturated carbocycles. The van der Waals surface area contributed by atoms with Crippen molar-refractivity contribution in [3.05, 3.63) is 35.4 Å². The molecule has 1 aliphatic heterocycles. The molecule has 3 nitrogen and oxygen atoms in total. The Morgan fingerprint density at radius 2 is 1.60 bits per heavy atom. The van der Waals surface area contributed by atoms with Crippen molar-refractivity contribution in [2.75, 3.05) is 13.1 Å². The van der Waals surface area contributed by atoms with Gasteiger partial charge in [0.25, 0.3) is 5.91 Å². The van der Waals surface area contributed by atoms with Crippen LogP contribution in [0.5, 0.6) is 0 Å². The SMILES string of the molecule is NC1CCN(C(=O)c2ccc(C3CCCC3)cc2)CC1. The van der Waals surface area contributed by atoms with Crippen LogP contribution in [0.25, 0.3) is 0 Å². The Balaban J connectivity index is 1.66. The minimum atomic E-state index is 0.162. The minimum absolute atomic E-state index is 0.162. The van der Waals surface area contributed by atoms with Crippen LogP contribution in [0.15, 0.2) is 24.3 Å². The lowest BCUT2D eigenvalue weighted by atomic mass is 9.96. The number of nitrogens with two attached hydrogens (primary N) is 1. The molecule has 1 saturated heterocycles. The molecule has 108 valence electrons. The molecule has 20 heavy (non-hydrogen) atoms. The third-order valence-corrected chi connectivity index (χ3v) is 4.81. The summed E-state index contributed by atoms with van der Waals surface area (Å²) in [4.78, 5) is 14.4. The van der Waals surface area contributed by atoms with E-state index in [2.05, 4.69) is 12.1 Å². The van der Waals surface area contributed by atoms with Crippen molar-refractivity contribution < 1.29 is 4.79 Å². The van der Waals surface area contributed by atoms with Crippen LogP contribution >= 0.6 is 0 Å². The Morgan fingerprint density at radius 1 is 1.00 bits per heavy atom. The topological polar surface area (TPSA) is 46.3 Å². The maximum atomic E-state index is 12.4. The summed E-state index contributed by atoms with van der Waals surface area (Å²) in [5, 5.41) is 0. The molecule has 2 fully saturated rings. The highest BCUT2D eigenvalue weighted by Crippen LogP contribution is 2.34. The largest absolute Gasteiger partial charge is 0.339 e. The Hall–Kier alpha value is -1.35. The van der Waals surface area contributed by atoms with E-state index in [1.165, 1.54) is 31.2 Å². The van der Waals surface area contributed by atoms with E-state index in [-0.39, 0.29) is 11.9 Å².